The van der Waals surface area contributed by atoms with Gasteiger partial charge in [-0.1, -0.05) is 12.1 Å². The number of amides is 1. The van der Waals surface area contributed by atoms with Gasteiger partial charge in [-0.25, -0.2) is 4.98 Å². The first-order valence-electron chi connectivity index (χ1n) is 11.1. The fourth-order valence-electron chi connectivity index (χ4n) is 4.11. The van der Waals surface area contributed by atoms with Gasteiger partial charge in [-0.15, -0.1) is 0 Å². The normalized spacial score (nSPS) is 15.1. The lowest BCUT2D eigenvalue weighted by atomic mass is 10.1. The number of para-hydroxylation sites is 1. The lowest BCUT2D eigenvalue weighted by Crippen LogP contribution is -3.11. The van der Waals surface area contributed by atoms with Gasteiger partial charge in [0.15, 0.2) is 12.4 Å². The summed E-state index contributed by atoms with van der Waals surface area (Å²) >= 11 is 0. The Labute approximate surface area is 182 Å². The molecule has 7 nitrogen and oxygen atoms in total. The molecule has 1 aliphatic rings. The Balaban J connectivity index is 1.36. The van der Waals surface area contributed by atoms with Crippen LogP contribution in [0.5, 0.6) is 0 Å². The van der Waals surface area contributed by atoms with Crippen LogP contribution < -0.4 is 20.7 Å². The fourth-order valence-corrected chi connectivity index (χ4v) is 4.11. The van der Waals surface area contributed by atoms with E-state index in [1.807, 2.05) is 37.3 Å². The second kappa shape index (κ2) is 9.75. The van der Waals surface area contributed by atoms with Crippen LogP contribution in [0.25, 0.3) is 10.9 Å². The standard InChI is InChI=1S/C24H29N5O2/c1-2-28(16-22-26-21-9-5-4-8-20(21)24(31)27-22)17-23(30)25-18-10-12-19(13-11-18)29-14-6-3-7-15-29/h4-5,8-13H,2-3,6-7,14-17H2,1H3,(H,25,30)(H,26,27,31)/p+1. The van der Waals surface area contributed by atoms with Crippen molar-refractivity contribution in [3.63, 3.8) is 0 Å². The third kappa shape index (κ3) is 5.30. The topological polar surface area (TPSA) is 82.5 Å². The number of aromatic nitrogens is 2. The SMILES string of the molecule is CC[NH+](CC(=O)Nc1ccc(N2CCCCC2)cc1)Cc1nc2ccccc2c(=O)[nH]1. The molecule has 0 bridgehead atoms. The van der Waals surface area contributed by atoms with Crippen molar-refractivity contribution in [3.05, 3.63) is 64.7 Å². The Morgan fingerprint density at radius 1 is 1.10 bits per heavy atom. The van der Waals surface area contributed by atoms with Crippen molar-refractivity contribution in [3.8, 4) is 0 Å². The summed E-state index contributed by atoms with van der Waals surface area (Å²) in [6.45, 7) is 5.77. The lowest BCUT2D eigenvalue weighted by molar-refractivity contribution is -0.904. The van der Waals surface area contributed by atoms with E-state index >= 15 is 0 Å². The molecule has 1 fully saturated rings. The second-order valence-electron chi connectivity index (χ2n) is 8.13. The molecule has 0 radical (unpaired) electrons. The van der Waals surface area contributed by atoms with Gasteiger partial charge in [-0.2, -0.15) is 0 Å². The molecule has 4 rings (SSSR count). The van der Waals surface area contributed by atoms with E-state index in [0.29, 0.717) is 29.8 Å². The Morgan fingerprint density at radius 3 is 2.58 bits per heavy atom. The third-order valence-corrected chi connectivity index (χ3v) is 5.86. The Morgan fingerprint density at radius 2 is 1.84 bits per heavy atom. The summed E-state index contributed by atoms with van der Waals surface area (Å²) in [5.41, 5.74) is 2.55. The number of rotatable bonds is 7. The molecule has 2 heterocycles. The van der Waals surface area contributed by atoms with E-state index in [2.05, 4.69) is 32.3 Å². The number of benzene rings is 2. The maximum Gasteiger partial charge on any atom is 0.279 e. The average Bonchev–Trinajstić information content (AvgIpc) is 2.80. The molecule has 0 saturated carbocycles. The van der Waals surface area contributed by atoms with Crippen LogP contribution in [0.1, 0.15) is 32.0 Å². The molecule has 3 N–H and O–H groups in total. The molecule has 1 saturated heterocycles. The van der Waals surface area contributed by atoms with Crippen LogP contribution in [0.15, 0.2) is 53.3 Å². The van der Waals surface area contributed by atoms with Gasteiger partial charge in [0.25, 0.3) is 11.5 Å². The van der Waals surface area contributed by atoms with Crippen molar-refractivity contribution < 1.29 is 9.69 Å². The largest absolute Gasteiger partial charge is 0.372 e. The number of hydrogen-bond acceptors (Lipinski definition) is 4. The van der Waals surface area contributed by atoms with Gasteiger partial charge in [0, 0.05) is 24.5 Å². The number of H-pyrrole nitrogens is 1. The summed E-state index contributed by atoms with van der Waals surface area (Å²) in [5, 5.41) is 3.57. The number of carbonyl (C=O) groups excluding carboxylic acids is 1. The highest BCUT2D eigenvalue weighted by atomic mass is 16.2. The Kier molecular flexibility index (Phi) is 6.62. The van der Waals surface area contributed by atoms with Gasteiger partial charge in [-0.3, -0.25) is 9.59 Å². The van der Waals surface area contributed by atoms with Crippen LogP contribution in [-0.4, -0.2) is 42.1 Å². The highest BCUT2D eigenvalue weighted by Crippen LogP contribution is 2.21. The van der Waals surface area contributed by atoms with E-state index in [9.17, 15) is 9.59 Å². The molecule has 0 aliphatic carbocycles. The molecular weight excluding hydrogens is 390 g/mol. The first-order valence-corrected chi connectivity index (χ1v) is 11.1. The van der Waals surface area contributed by atoms with Gasteiger partial charge in [0.2, 0.25) is 0 Å². The number of aromatic amines is 1. The molecular formula is C24H30N5O2+. The van der Waals surface area contributed by atoms with Gasteiger partial charge < -0.3 is 20.1 Å². The number of nitrogens with zero attached hydrogens (tertiary/aromatic N) is 2. The summed E-state index contributed by atoms with van der Waals surface area (Å²) in [4.78, 5) is 35.7. The third-order valence-electron chi connectivity index (χ3n) is 5.86. The lowest BCUT2D eigenvalue weighted by Gasteiger charge is -2.28. The number of hydrogen-bond donors (Lipinski definition) is 3. The summed E-state index contributed by atoms with van der Waals surface area (Å²) in [6.07, 6.45) is 3.79. The number of carbonyl (C=O) groups is 1. The molecule has 162 valence electrons. The number of fused-ring (bicyclic) bond motifs is 1. The predicted molar refractivity (Wildman–Crippen MR) is 124 cm³/mol. The molecule has 1 aliphatic heterocycles. The molecule has 1 aromatic heterocycles. The molecule has 1 amide bonds. The molecule has 1 atom stereocenters. The van der Waals surface area contributed by atoms with Gasteiger partial charge in [0.1, 0.15) is 6.54 Å². The predicted octanol–water partition coefficient (Wildman–Crippen LogP) is 1.96. The van der Waals surface area contributed by atoms with Gasteiger partial charge >= 0.3 is 0 Å². The van der Waals surface area contributed by atoms with Crippen LogP contribution in [-0.2, 0) is 11.3 Å². The maximum atomic E-state index is 12.6. The van der Waals surface area contributed by atoms with E-state index in [1.165, 1.54) is 24.9 Å². The summed E-state index contributed by atoms with van der Waals surface area (Å²) in [5.74, 6) is 0.546. The quantitative estimate of drug-likeness (QED) is 0.546. The minimum atomic E-state index is -0.144. The number of nitrogens with one attached hydrogen (secondary N) is 3. The highest BCUT2D eigenvalue weighted by Gasteiger charge is 2.16. The molecule has 1 unspecified atom stereocenters. The van der Waals surface area contributed by atoms with E-state index < -0.39 is 0 Å². The van der Waals surface area contributed by atoms with E-state index in [4.69, 9.17) is 0 Å². The zero-order chi connectivity index (χ0) is 21.6. The summed E-state index contributed by atoms with van der Waals surface area (Å²) in [6, 6.07) is 15.4. The van der Waals surface area contributed by atoms with E-state index in [-0.39, 0.29) is 11.5 Å². The van der Waals surface area contributed by atoms with Crippen LogP contribution in [0, 0.1) is 0 Å². The van der Waals surface area contributed by atoms with Crippen molar-refractivity contribution >= 4 is 28.2 Å². The smallest absolute Gasteiger partial charge is 0.279 e. The molecule has 7 heteroatoms. The summed E-state index contributed by atoms with van der Waals surface area (Å²) in [7, 11) is 0. The number of likely N-dealkylation sites (N-methyl/N-ethyl adjacent to an activating group) is 1. The van der Waals surface area contributed by atoms with Crippen LogP contribution in [0.2, 0.25) is 0 Å². The first kappa shape index (κ1) is 21.1. The highest BCUT2D eigenvalue weighted by molar-refractivity contribution is 5.91. The molecule has 2 aromatic carbocycles. The minimum Gasteiger partial charge on any atom is -0.372 e. The zero-order valence-electron chi connectivity index (χ0n) is 18.0. The van der Waals surface area contributed by atoms with Crippen molar-refractivity contribution in [1.29, 1.82) is 0 Å². The van der Waals surface area contributed by atoms with E-state index in [1.54, 1.807) is 6.07 Å². The minimum absolute atomic E-state index is 0.0503. The Bertz CT molecular complexity index is 1090. The monoisotopic (exact) mass is 420 g/mol. The number of piperidine rings is 1. The molecule has 0 spiro atoms. The second-order valence-corrected chi connectivity index (χ2v) is 8.13. The number of quaternary nitrogens is 1. The van der Waals surface area contributed by atoms with Crippen molar-refractivity contribution in [2.75, 3.05) is 36.4 Å². The maximum absolute atomic E-state index is 12.6. The van der Waals surface area contributed by atoms with E-state index in [0.717, 1.165) is 30.2 Å². The fraction of sp³-hybridized carbons (Fsp3) is 0.375. The van der Waals surface area contributed by atoms with Crippen LogP contribution in [0.4, 0.5) is 11.4 Å². The van der Waals surface area contributed by atoms with Crippen molar-refractivity contribution in [1.82, 2.24) is 9.97 Å². The average molecular weight is 421 g/mol. The number of anilines is 2. The summed E-state index contributed by atoms with van der Waals surface area (Å²) < 4.78 is 0. The van der Waals surface area contributed by atoms with Crippen LogP contribution in [0.3, 0.4) is 0 Å². The zero-order valence-corrected chi connectivity index (χ0v) is 18.0. The molecule has 3 aromatic rings. The first-order chi connectivity index (χ1) is 15.1. The van der Waals surface area contributed by atoms with Crippen molar-refractivity contribution in [2.24, 2.45) is 0 Å². The molecule has 31 heavy (non-hydrogen) atoms. The van der Waals surface area contributed by atoms with Gasteiger partial charge in [-0.05, 0) is 62.6 Å². The van der Waals surface area contributed by atoms with Crippen molar-refractivity contribution in [2.45, 2.75) is 32.7 Å². The van der Waals surface area contributed by atoms with Gasteiger partial charge in [0.05, 0.1) is 17.4 Å². The van der Waals surface area contributed by atoms with Crippen LogP contribution >= 0.6 is 0 Å². The Hall–Kier alpha value is -3.19.